The van der Waals surface area contributed by atoms with Gasteiger partial charge in [0, 0.05) is 11.4 Å². The summed E-state index contributed by atoms with van der Waals surface area (Å²) in [6.07, 6.45) is 0. The topological polar surface area (TPSA) is 52.0 Å². The zero-order chi connectivity index (χ0) is 25.9. The molecule has 2 heteroatoms. The van der Waals surface area contributed by atoms with Gasteiger partial charge in [0.15, 0.2) is 0 Å². The lowest BCUT2D eigenvalue weighted by molar-refractivity contribution is 1.56. The van der Waals surface area contributed by atoms with E-state index in [0.717, 1.165) is 11.4 Å². The van der Waals surface area contributed by atoms with Crippen molar-refractivity contribution in [2.24, 2.45) is 0 Å². The van der Waals surface area contributed by atoms with E-state index >= 15 is 0 Å². The summed E-state index contributed by atoms with van der Waals surface area (Å²) >= 11 is 0. The average Bonchev–Trinajstić information content (AvgIpc) is 2.98. The molecule has 0 aliphatic carbocycles. The Labute approximate surface area is 223 Å². The fraction of sp³-hybridized carbons (Fsp3) is 0. The summed E-state index contributed by atoms with van der Waals surface area (Å²) in [6, 6.07) is 50.9. The van der Waals surface area contributed by atoms with Gasteiger partial charge in [-0.25, -0.2) is 0 Å². The Morgan fingerprint density at radius 3 is 0.421 bits per heavy atom. The van der Waals surface area contributed by atoms with Crippen LogP contribution in [0.5, 0.6) is 0 Å². The van der Waals surface area contributed by atoms with E-state index in [2.05, 4.69) is 121 Å². The van der Waals surface area contributed by atoms with Crippen LogP contribution in [0.15, 0.2) is 146 Å². The van der Waals surface area contributed by atoms with Crippen LogP contribution in [0, 0.1) is 0 Å². The highest BCUT2D eigenvalue weighted by Gasteiger charge is 2.05. The van der Waals surface area contributed by atoms with Crippen molar-refractivity contribution < 1.29 is 0 Å². The molecule has 6 aromatic rings. The molecule has 0 radical (unpaired) electrons. The molecule has 0 fully saturated rings. The third kappa shape index (κ3) is 4.93. The lowest BCUT2D eigenvalue weighted by atomic mass is 9.96. The van der Waals surface area contributed by atoms with Crippen LogP contribution in [0.25, 0.3) is 55.6 Å². The number of nitrogens with two attached hydrogens (primary N) is 2. The van der Waals surface area contributed by atoms with Crippen molar-refractivity contribution >= 4 is 11.4 Å². The Hall–Kier alpha value is -5.08. The second kappa shape index (κ2) is 10.1. The standard InChI is InChI=1S/C36H28N2/c37-35-21-17-33(18-22-35)31-13-9-29(10-14-31)27-5-1-25(2-6-27)26-3-7-28(8-4-26)30-11-15-32(16-12-30)34-19-23-36(38)24-20-34/h1-24H,37-38H2. The van der Waals surface area contributed by atoms with Crippen LogP contribution in [0.1, 0.15) is 0 Å². The molecular weight excluding hydrogens is 460 g/mol. The lowest BCUT2D eigenvalue weighted by Crippen LogP contribution is -1.85. The molecule has 2 nitrogen and oxygen atoms in total. The van der Waals surface area contributed by atoms with Gasteiger partial charge >= 0.3 is 0 Å². The van der Waals surface area contributed by atoms with Gasteiger partial charge in [-0.2, -0.15) is 0 Å². The normalized spacial score (nSPS) is 10.8. The number of nitrogen functional groups attached to an aromatic ring is 2. The fourth-order valence-electron chi connectivity index (χ4n) is 4.77. The highest BCUT2D eigenvalue weighted by Crippen LogP contribution is 2.30. The van der Waals surface area contributed by atoms with E-state index in [1.807, 2.05) is 24.3 Å². The Bertz CT molecular complexity index is 1510. The van der Waals surface area contributed by atoms with Crippen molar-refractivity contribution in [2.45, 2.75) is 0 Å². The molecule has 6 rings (SSSR count). The Morgan fingerprint density at radius 2 is 0.289 bits per heavy atom. The first-order valence-electron chi connectivity index (χ1n) is 12.8. The molecule has 0 bridgehead atoms. The average molecular weight is 489 g/mol. The smallest absolute Gasteiger partial charge is 0.0314 e. The monoisotopic (exact) mass is 488 g/mol. The zero-order valence-corrected chi connectivity index (χ0v) is 21.0. The Balaban J connectivity index is 1.16. The molecule has 0 aromatic heterocycles. The number of hydrogen-bond acceptors (Lipinski definition) is 2. The summed E-state index contributed by atoms with van der Waals surface area (Å²) in [4.78, 5) is 0. The van der Waals surface area contributed by atoms with Crippen molar-refractivity contribution in [1.82, 2.24) is 0 Å². The van der Waals surface area contributed by atoms with E-state index in [1.165, 1.54) is 55.6 Å². The van der Waals surface area contributed by atoms with Gasteiger partial charge in [-0.15, -0.1) is 0 Å². The summed E-state index contributed by atoms with van der Waals surface area (Å²) in [5.74, 6) is 0. The van der Waals surface area contributed by atoms with Crippen LogP contribution in [0.3, 0.4) is 0 Å². The first-order valence-corrected chi connectivity index (χ1v) is 12.8. The summed E-state index contributed by atoms with van der Waals surface area (Å²) in [5, 5.41) is 0. The van der Waals surface area contributed by atoms with Gasteiger partial charge < -0.3 is 11.5 Å². The Morgan fingerprint density at radius 1 is 0.184 bits per heavy atom. The van der Waals surface area contributed by atoms with Crippen LogP contribution in [0.4, 0.5) is 11.4 Å². The molecule has 0 heterocycles. The van der Waals surface area contributed by atoms with Gasteiger partial charge in [0.2, 0.25) is 0 Å². The van der Waals surface area contributed by atoms with Crippen LogP contribution < -0.4 is 11.5 Å². The van der Waals surface area contributed by atoms with Gasteiger partial charge in [0.25, 0.3) is 0 Å². The van der Waals surface area contributed by atoms with Crippen molar-refractivity contribution in [3.63, 3.8) is 0 Å². The largest absolute Gasteiger partial charge is 0.399 e. The molecule has 0 saturated carbocycles. The molecule has 38 heavy (non-hydrogen) atoms. The van der Waals surface area contributed by atoms with E-state index in [4.69, 9.17) is 11.5 Å². The summed E-state index contributed by atoms with van der Waals surface area (Å²) in [6.45, 7) is 0. The molecule has 0 aliphatic heterocycles. The first-order chi connectivity index (χ1) is 18.6. The SMILES string of the molecule is Nc1ccc(-c2ccc(-c3ccc(-c4ccc(-c5ccc(-c6ccc(N)cc6)cc5)cc4)cc3)cc2)cc1. The molecule has 4 N–H and O–H groups in total. The molecule has 0 atom stereocenters. The molecule has 0 spiro atoms. The maximum atomic E-state index is 5.82. The number of hydrogen-bond donors (Lipinski definition) is 2. The predicted molar refractivity (Wildman–Crippen MR) is 162 cm³/mol. The summed E-state index contributed by atoms with van der Waals surface area (Å²) in [7, 11) is 0. The van der Waals surface area contributed by atoms with Crippen molar-refractivity contribution in [3.8, 4) is 55.6 Å². The Kier molecular flexibility index (Phi) is 6.21. The van der Waals surface area contributed by atoms with Crippen LogP contribution >= 0.6 is 0 Å². The van der Waals surface area contributed by atoms with Crippen molar-refractivity contribution in [2.75, 3.05) is 11.5 Å². The van der Waals surface area contributed by atoms with Crippen molar-refractivity contribution in [1.29, 1.82) is 0 Å². The quantitative estimate of drug-likeness (QED) is 0.238. The number of benzene rings is 6. The predicted octanol–water partition coefficient (Wildman–Crippen LogP) is 9.19. The van der Waals surface area contributed by atoms with E-state index in [9.17, 15) is 0 Å². The van der Waals surface area contributed by atoms with Gasteiger partial charge in [0.1, 0.15) is 0 Å². The molecule has 6 aromatic carbocycles. The third-order valence-electron chi connectivity index (χ3n) is 7.03. The van der Waals surface area contributed by atoms with Gasteiger partial charge in [-0.05, 0) is 79.9 Å². The first kappa shape index (κ1) is 23.3. The van der Waals surface area contributed by atoms with E-state index < -0.39 is 0 Å². The van der Waals surface area contributed by atoms with E-state index in [1.54, 1.807) is 0 Å². The lowest BCUT2D eigenvalue weighted by Gasteiger charge is -2.09. The fourth-order valence-corrected chi connectivity index (χ4v) is 4.77. The minimum Gasteiger partial charge on any atom is -0.399 e. The van der Waals surface area contributed by atoms with E-state index in [-0.39, 0.29) is 0 Å². The number of anilines is 2. The second-order valence-electron chi connectivity index (χ2n) is 9.55. The maximum Gasteiger partial charge on any atom is 0.0314 e. The van der Waals surface area contributed by atoms with Crippen LogP contribution in [0.2, 0.25) is 0 Å². The number of rotatable bonds is 5. The van der Waals surface area contributed by atoms with Crippen molar-refractivity contribution in [3.05, 3.63) is 146 Å². The molecule has 0 amide bonds. The summed E-state index contributed by atoms with van der Waals surface area (Å²) in [5.41, 5.74) is 25.1. The van der Waals surface area contributed by atoms with Crippen LogP contribution in [-0.4, -0.2) is 0 Å². The molecule has 0 aliphatic rings. The molecule has 0 saturated heterocycles. The third-order valence-corrected chi connectivity index (χ3v) is 7.03. The van der Waals surface area contributed by atoms with Gasteiger partial charge in [0.05, 0.1) is 0 Å². The molecule has 0 unspecified atom stereocenters. The highest BCUT2D eigenvalue weighted by atomic mass is 14.5. The van der Waals surface area contributed by atoms with Crippen LogP contribution in [-0.2, 0) is 0 Å². The summed E-state index contributed by atoms with van der Waals surface area (Å²) < 4.78 is 0. The minimum absolute atomic E-state index is 0.782. The minimum atomic E-state index is 0.782. The molecule has 182 valence electrons. The zero-order valence-electron chi connectivity index (χ0n) is 21.0. The maximum absolute atomic E-state index is 5.82. The molecular formula is C36H28N2. The second-order valence-corrected chi connectivity index (χ2v) is 9.55. The van der Waals surface area contributed by atoms with Gasteiger partial charge in [-0.3, -0.25) is 0 Å². The van der Waals surface area contributed by atoms with E-state index in [0.29, 0.717) is 0 Å². The highest BCUT2D eigenvalue weighted by molar-refractivity contribution is 5.76. The van der Waals surface area contributed by atoms with Gasteiger partial charge in [-0.1, -0.05) is 121 Å².